The molecule has 1 saturated carbocycles. The zero-order valence-corrected chi connectivity index (χ0v) is 12.0. The summed E-state index contributed by atoms with van der Waals surface area (Å²) in [6, 6.07) is 0. The van der Waals surface area contributed by atoms with E-state index in [1.165, 1.54) is 5.01 Å². The molecule has 6 nitrogen and oxygen atoms in total. The van der Waals surface area contributed by atoms with Crippen LogP contribution >= 0.6 is 0 Å². The van der Waals surface area contributed by atoms with Gasteiger partial charge in [0.15, 0.2) is 0 Å². The van der Waals surface area contributed by atoms with E-state index in [0.29, 0.717) is 36.9 Å². The van der Waals surface area contributed by atoms with Crippen LogP contribution in [0, 0.1) is 11.8 Å². The Hall–Kier alpha value is -1.43. The van der Waals surface area contributed by atoms with Gasteiger partial charge < -0.3 is 10.4 Å². The SMILES string of the molecule is CN1N=C(C(=O)NCC2CCCCC2CO)CCC1=O. The molecule has 0 spiro atoms. The highest BCUT2D eigenvalue weighted by Crippen LogP contribution is 2.29. The Labute approximate surface area is 119 Å². The van der Waals surface area contributed by atoms with E-state index >= 15 is 0 Å². The first-order valence-electron chi connectivity index (χ1n) is 7.35. The van der Waals surface area contributed by atoms with Crippen molar-refractivity contribution in [2.24, 2.45) is 16.9 Å². The topological polar surface area (TPSA) is 82.0 Å². The summed E-state index contributed by atoms with van der Waals surface area (Å²) in [6.07, 6.45) is 5.16. The molecule has 0 saturated heterocycles. The molecule has 2 N–H and O–H groups in total. The lowest BCUT2D eigenvalue weighted by Gasteiger charge is -2.30. The number of nitrogens with zero attached hydrogens (tertiary/aromatic N) is 2. The second-order valence-corrected chi connectivity index (χ2v) is 5.66. The third-order valence-electron chi connectivity index (χ3n) is 4.30. The highest BCUT2D eigenvalue weighted by molar-refractivity contribution is 6.39. The molecule has 0 bridgehead atoms. The van der Waals surface area contributed by atoms with Gasteiger partial charge in [0.25, 0.3) is 5.91 Å². The maximum Gasteiger partial charge on any atom is 0.267 e. The number of carbonyl (C=O) groups is 2. The fourth-order valence-corrected chi connectivity index (χ4v) is 2.95. The quantitative estimate of drug-likeness (QED) is 0.787. The van der Waals surface area contributed by atoms with Gasteiger partial charge in [0.2, 0.25) is 5.91 Å². The summed E-state index contributed by atoms with van der Waals surface area (Å²) < 4.78 is 0. The van der Waals surface area contributed by atoms with Gasteiger partial charge in [0.05, 0.1) is 0 Å². The molecule has 0 aromatic carbocycles. The van der Waals surface area contributed by atoms with Gasteiger partial charge in [-0.3, -0.25) is 9.59 Å². The highest BCUT2D eigenvalue weighted by atomic mass is 16.3. The summed E-state index contributed by atoms with van der Waals surface area (Å²) in [7, 11) is 1.57. The molecule has 1 aliphatic heterocycles. The van der Waals surface area contributed by atoms with E-state index in [9.17, 15) is 14.7 Å². The number of aliphatic hydroxyl groups is 1. The van der Waals surface area contributed by atoms with Crippen LogP contribution in [0.15, 0.2) is 5.10 Å². The lowest BCUT2D eigenvalue weighted by Crippen LogP contribution is -2.41. The first kappa shape index (κ1) is 15.0. The zero-order chi connectivity index (χ0) is 14.5. The molecule has 2 aliphatic rings. The molecular formula is C14H23N3O3. The smallest absolute Gasteiger partial charge is 0.267 e. The van der Waals surface area contributed by atoms with Crippen molar-refractivity contribution in [3.05, 3.63) is 0 Å². The van der Waals surface area contributed by atoms with Gasteiger partial charge in [-0.1, -0.05) is 12.8 Å². The summed E-state index contributed by atoms with van der Waals surface area (Å²) in [5.41, 5.74) is 0.420. The minimum atomic E-state index is -0.188. The number of nitrogens with one attached hydrogen (secondary N) is 1. The van der Waals surface area contributed by atoms with Gasteiger partial charge in [-0.15, -0.1) is 0 Å². The predicted octanol–water partition coefficient (Wildman–Crippen LogP) is 0.509. The van der Waals surface area contributed by atoms with Crippen LogP contribution < -0.4 is 5.32 Å². The first-order valence-corrected chi connectivity index (χ1v) is 7.35. The summed E-state index contributed by atoms with van der Waals surface area (Å²) in [5.74, 6) is 0.392. The van der Waals surface area contributed by atoms with Gasteiger partial charge in [-0.2, -0.15) is 5.10 Å². The third kappa shape index (κ3) is 3.56. The summed E-state index contributed by atoms with van der Waals surface area (Å²) in [5, 5.41) is 17.5. The van der Waals surface area contributed by atoms with Crippen LogP contribution in [0.1, 0.15) is 38.5 Å². The van der Waals surface area contributed by atoms with E-state index < -0.39 is 0 Å². The van der Waals surface area contributed by atoms with E-state index in [1.807, 2.05) is 0 Å². The van der Waals surface area contributed by atoms with Crippen LogP contribution in [0.25, 0.3) is 0 Å². The number of amides is 2. The van der Waals surface area contributed by atoms with Crippen molar-refractivity contribution < 1.29 is 14.7 Å². The summed E-state index contributed by atoms with van der Waals surface area (Å²) in [6.45, 7) is 0.777. The van der Waals surface area contributed by atoms with E-state index in [-0.39, 0.29) is 18.4 Å². The summed E-state index contributed by atoms with van der Waals surface area (Å²) in [4.78, 5) is 23.4. The van der Waals surface area contributed by atoms with Crippen molar-refractivity contribution in [1.29, 1.82) is 0 Å². The van der Waals surface area contributed by atoms with Gasteiger partial charge in [-0.25, -0.2) is 5.01 Å². The van der Waals surface area contributed by atoms with Crippen molar-refractivity contribution in [2.75, 3.05) is 20.2 Å². The monoisotopic (exact) mass is 281 g/mol. The van der Waals surface area contributed by atoms with Gasteiger partial charge in [0, 0.05) is 33.0 Å². The molecule has 2 unspecified atom stereocenters. The second kappa shape index (κ2) is 6.83. The molecule has 0 aromatic heterocycles. The Morgan fingerprint density at radius 2 is 2.05 bits per heavy atom. The molecule has 6 heteroatoms. The minimum absolute atomic E-state index is 0.0609. The van der Waals surface area contributed by atoms with Crippen LogP contribution in [0.4, 0.5) is 0 Å². The van der Waals surface area contributed by atoms with Crippen LogP contribution in [0.3, 0.4) is 0 Å². The average Bonchev–Trinajstić information content (AvgIpc) is 2.47. The van der Waals surface area contributed by atoms with Crippen LogP contribution in [-0.4, -0.2) is 47.8 Å². The normalized spacial score (nSPS) is 27.2. The second-order valence-electron chi connectivity index (χ2n) is 5.66. The van der Waals surface area contributed by atoms with E-state index in [2.05, 4.69) is 10.4 Å². The number of hydrogen-bond donors (Lipinski definition) is 2. The lowest BCUT2D eigenvalue weighted by atomic mass is 9.79. The predicted molar refractivity (Wildman–Crippen MR) is 75.0 cm³/mol. The van der Waals surface area contributed by atoms with Crippen LogP contribution in [-0.2, 0) is 9.59 Å². The Balaban J connectivity index is 1.85. The molecule has 20 heavy (non-hydrogen) atoms. The Bertz CT molecular complexity index is 408. The molecule has 2 rings (SSSR count). The Kier molecular flexibility index (Phi) is 5.11. The van der Waals surface area contributed by atoms with Gasteiger partial charge in [0.1, 0.15) is 5.71 Å². The molecule has 0 radical (unpaired) electrons. The molecule has 2 atom stereocenters. The van der Waals surface area contributed by atoms with Crippen LogP contribution in [0.5, 0.6) is 0 Å². The molecule has 1 fully saturated rings. The van der Waals surface area contributed by atoms with Gasteiger partial charge in [-0.05, 0) is 24.7 Å². The van der Waals surface area contributed by atoms with E-state index in [0.717, 1.165) is 25.7 Å². The standard InChI is InChI=1S/C14H23N3O3/c1-17-13(19)7-6-12(16-17)14(20)15-8-10-4-2-3-5-11(10)9-18/h10-11,18H,2-9H2,1H3,(H,15,20). The molecule has 1 heterocycles. The van der Waals surface area contributed by atoms with Crippen molar-refractivity contribution >= 4 is 17.5 Å². The third-order valence-corrected chi connectivity index (χ3v) is 4.30. The number of carbonyl (C=O) groups excluding carboxylic acids is 2. The lowest BCUT2D eigenvalue weighted by molar-refractivity contribution is -0.130. The fraction of sp³-hybridized carbons (Fsp3) is 0.786. The zero-order valence-electron chi connectivity index (χ0n) is 12.0. The fourth-order valence-electron chi connectivity index (χ4n) is 2.95. The largest absolute Gasteiger partial charge is 0.396 e. The molecule has 0 aromatic rings. The molecular weight excluding hydrogens is 258 g/mol. The van der Waals surface area contributed by atoms with Crippen molar-refractivity contribution in [2.45, 2.75) is 38.5 Å². The van der Waals surface area contributed by atoms with Crippen molar-refractivity contribution in [3.63, 3.8) is 0 Å². The maximum atomic E-state index is 12.0. The first-order chi connectivity index (χ1) is 9.61. The average molecular weight is 281 g/mol. The number of hydrogen-bond acceptors (Lipinski definition) is 4. The van der Waals surface area contributed by atoms with Crippen molar-refractivity contribution in [3.8, 4) is 0 Å². The summed E-state index contributed by atoms with van der Waals surface area (Å²) >= 11 is 0. The van der Waals surface area contributed by atoms with E-state index in [1.54, 1.807) is 7.05 Å². The molecule has 112 valence electrons. The van der Waals surface area contributed by atoms with Crippen molar-refractivity contribution in [1.82, 2.24) is 10.3 Å². The Morgan fingerprint density at radius 1 is 1.35 bits per heavy atom. The molecule has 1 aliphatic carbocycles. The number of hydrazone groups is 1. The maximum absolute atomic E-state index is 12.0. The molecule has 2 amide bonds. The number of aliphatic hydroxyl groups excluding tert-OH is 1. The number of rotatable bonds is 4. The van der Waals surface area contributed by atoms with Crippen LogP contribution in [0.2, 0.25) is 0 Å². The minimum Gasteiger partial charge on any atom is -0.396 e. The van der Waals surface area contributed by atoms with Gasteiger partial charge >= 0.3 is 0 Å². The highest BCUT2D eigenvalue weighted by Gasteiger charge is 2.26. The van der Waals surface area contributed by atoms with E-state index in [4.69, 9.17) is 0 Å². The Morgan fingerprint density at radius 3 is 2.70 bits per heavy atom.